The van der Waals surface area contributed by atoms with E-state index in [0.717, 1.165) is 28.3 Å². The van der Waals surface area contributed by atoms with Crippen molar-refractivity contribution in [1.82, 2.24) is 24.6 Å². The SMILES string of the molecule is Cc1nn(CC(=O)N2CCN(Cc3cccc(C(F)(F)F)c3)CC2)c2nccc(-c3ccc(F)cc3)c12. The highest BCUT2D eigenvalue weighted by Gasteiger charge is 2.30. The number of amides is 1. The summed E-state index contributed by atoms with van der Waals surface area (Å²) in [6.07, 6.45) is -2.72. The van der Waals surface area contributed by atoms with Gasteiger partial charge in [-0.2, -0.15) is 18.3 Å². The number of nitrogens with zero attached hydrogens (tertiary/aromatic N) is 5. The molecule has 37 heavy (non-hydrogen) atoms. The number of hydrogen-bond donors (Lipinski definition) is 0. The summed E-state index contributed by atoms with van der Waals surface area (Å²) in [5.74, 6) is -0.418. The first kappa shape index (κ1) is 24.9. The van der Waals surface area contributed by atoms with Crippen LogP contribution in [0.1, 0.15) is 16.8 Å². The van der Waals surface area contributed by atoms with Gasteiger partial charge in [-0.3, -0.25) is 9.69 Å². The van der Waals surface area contributed by atoms with E-state index in [2.05, 4.69) is 10.1 Å². The maximum atomic E-state index is 13.4. The van der Waals surface area contributed by atoms with Crippen LogP contribution in [0.3, 0.4) is 0 Å². The summed E-state index contributed by atoms with van der Waals surface area (Å²) in [6.45, 7) is 4.35. The van der Waals surface area contributed by atoms with Gasteiger partial charge in [0.05, 0.1) is 11.3 Å². The number of benzene rings is 2. The highest BCUT2D eigenvalue weighted by atomic mass is 19.4. The smallest absolute Gasteiger partial charge is 0.339 e. The van der Waals surface area contributed by atoms with Crippen molar-refractivity contribution in [3.05, 3.63) is 83.4 Å². The molecule has 1 aliphatic rings. The lowest BCUT2D eigenvalue weighted by Gasteiger charge is -2.34. The molecule has 0 saturated carbocycles. The molecule has 5 rings (SSSR count). The predicted molar refractivity (Wildman–Crippen MR) is 131 cm³/mol. The quantitative estimate of drug-likeness (QED) is 0.358. The number of carbonyl (C=O) groups excluding carboxylic acids is 1. The fourth-order valence-corrected chi connectivity index (χ4v) is 4.75. The Hall–Kier alpha value is -3.79. The Morgan fingerprint density at radius 3 is 2.43 bits per heavy atom. The lowest BCUT2D eigenvalue weighted by molar-refractivity contribution is -0.137. The third kappa shape index (κ3) is 5.34. The Labute approximate surface area is 211 Å². The number of halogens is 4. The van der Waals surface area contributed by atoms with Gasteiger partial charge in [-0.05, 0) is 47.9 Å². The zero-order valence-electron chi connectivity index (χ0n) is 20.2. The molecule has 0 atom stereocenters. The highest BCUT2D eigenvalue weighted by Crippen LogP contribution is 2.31. The van der Waals surface area contributed by atoms with Gasteiger partial charge in [-0.1, -0.05) is 30.3 Å². The molecule has 0 aliphatic carbocycles. The van der Waals surface area contributed by atoms with Crippen molar-refractivity contribution < 1.29 is 22.4 Å². The maximum absolute atomic E-state index is 13.4. The van der Waals surface area contributed by atoms with Crippen LogP contribution in [-0.2, 0) is 24.1 Å². The molecule has 0 spiro atoms. The fraction of sp³-hybridized carbons (Fsp3) is 0.296. The first-order valence-corrected chi connectivity index (χ1v) is 11.9. The van der Waals surface area contributed by atoms with Crippen molar-refractivity contribution in [2.75, 3.05) is 26.2 Å². The van der Waals surface area contributed by atoms with Crippen molar-refractivity contribution in [2.45, 2.75) is 26.2 Å². The standard InChI is InChI=1S/C27H25F4N5O/c1-18-25-23(20-5-7-22(28)8-6-20)9-10-32-26(25)36(33-18)17-24(37)35-13-11-34(12-14-35)16-19-3-2-4-21(15-19)27(29,30)31/h2-10,15H,11-14,16-17H2,1H3. The monoisotopic (exact) mass is 511 g/mol. The number of aromatic nitrogens is 3. The number of rotatable bonds is 5. The zero-order chi connectivity index (χ0) is 26.2. The fourth-order valence-electron chi connectivity index (χ4n) is 4.75. The van der Waals surface area contributed by atoms with E-state index >= 15 is 0 Å². The van der Waals surface area contributed by atoms with E-state index in [1.54, 1.807) is 34.0 Å². The number of alkyl halides is 3. The summed E-state index contributed by atoms with van der Waals surface area (Å²) in [5.41, 5.74) is 2.94. The molecule has 1 amide bonds. The molecule has 1 saturated heterocycles. The molecule has 0 radical (unpaired) electrons. The average Bonchev–Trinajstić information content (AvgIpc) is 3.20. The molecule has 192 valence electrons. The van der Waals surface area contributed by atoms with Crippen LogP contribution in [-0.4, -0.2) is 56.7 Å². The Balaban J connectivity index is 1.25. The largest absolute Gasteiger partial charge is 0.416 e. The highest BCUT2D eigenvalue weighted by molar-refractivity contribution is 5.95. The molecular formula is C27H25F4N5O. The molecule has 0 unspecified atom stereocenters. The Morgan fingerprint density at radius 2 is 1.73 bits per heavy atom. The van der Waals surface area contributed by atoms with Crippen LogP contribution < -0.4 is 0 Å². The molecule has 1 aliphatic heterocycles. The van der Waals surface area contributed by atoms with Crippen LogP contribution in [0, 0.1) is 12.7 Å². The molecule has 2 aromatic heterocycles. The number of hydrogen-bond acceptors (Lipinski definition) is 4. The summed E-state index contributed by atoms with van der Waals surface area (Å²) in [5, 5.41) is 5.37. The molecule has 4 aromatic rings. The normalized spacial score (nSPS) is 14.9. The van der Waals surface area contributed by atoms with Crippen LogP contribution >= 0.6 is 0 Å². The van der Waals surface area contributed by atoms with Crippen molar-refractivity contribution in [3.63, 3.8) is 0 Å². The van der Waals surface area contributed by atoms with Gasteiger partial charge in [0.2, 0.25) is 5.91 Å². The van der Waals surface area contributed by atoms with Gasteiger partial charge in [0.1, 0.15) is 12.4 Å². The first-order chi connectivity index (χ1) is 17.7. The number of piperazine rings is 1. The molecule has 0 N–H and O–H groups in total. The Kier molecular flexibility index (Phi) is 6.68. The molecule has 0 bridgehead atoms. The van der Waals surface area contributed by atoms with Gasteiger partial charge in [0, 0.05) is 44.3 Å². The van der Waals surface area contributed by atoms with Crippen LogP contribution in [0.5, 0.6) is 0 Å². The summed E-state index contributed by atoms with van der Waals surface area (Å²) in [7, 11) is 0. The summed E-state index contributed by atoms with van der Waals surface area (Å²) in [4.78, 5) is 21.3. The van der Waals surface area contributed by atoms with Crippen molar-refractivity contribution in [3.8, 4) is 11.1 Å². The van der Waals surface area contributed by atoms with Crippen molar-refractivity contribution in [1.29, 1.82) is 0 Å². The zero-order valence-corrected chi connectivity index (χ0v) is 20.2. The van der Waals surface area contributed by atoms with E-state index in [-0.39, 0.29) is 18.3 Å². The lowest BCUT2D eigenvalue weighted by atomic mass is 10.0. The topological polar surface area (TPSA) is 54.3 Å². The van der Waals surface area contributed by atoms with Gasteiger partial charge in [-0.15, -0.1) is 0 Å². The Bertz CT molecular complexity index is 1420. The van der Waals surface area contributed by atoms with E-state index < -0.39 is 11.7 Å². The second kappa shape index (κ2) is 9.93. The van der Waals surface area contributed by atoms with E-state index in [4.69, 9.17) is 0 Å². The van der Waals surface area contributed by atoms with Crippen molar-refractivity contribution >= 4 is 16.9 Å². The van der Waals surface area contributed by atoms with Crippen LogP contribution in [0.2, 0.25) is 0 Å². The van der Waals surface area contributed by atoms with Gasteiger partial charge in [0.25, 0.3) is 0 Å². The van der Waals surface area contributed by atoms with Gasteiger partial charge >= 0.3 is 6.18 Å². The van der Waals surface area contributed by atoms with E-state index in [9.17, 15) is 22.4 Å². The molecule has 2 aromatic carbocycles. The van der Waals surface area contributed by atoms with Gasteiger partial charge in [0.15, 0.2) is 5.65 Å². The maximum Gasteiger partial charge on any atom is 0.416 e. The van der Waals surface area contributed by atoms with Crippen molar-refractivity contribution in [2.24, 2.45) is 0 Å². The van der Waals surface area contributed by atoms with Crippen LogP contribution in [0.15, 0.2) is 60.8 Å². The second-order valence-corrected chi connectivity index (χ2v) is 9.16. The number of carbonyl (C=O) groups is 1. The second-order valence-electron chi connectivity index (χ2n) is 9.16. The first-order valence-electron chi connectivity index (χ1n) is 11.9. The number of aryl methyl sites for hydroxylation is 1. The lowest BCUT2D eigenvalue weighted by Crippen LogP contribution is -2.49. The van der Waals surface area contributed by atoms with Gasteiger partial charge < -0.3 is 4.90 Å². The molecular weight excluding hydrogens is 486 g/mol. The van der Waals surface area contributed by atoms with Crippen LogP contribution in [0.4, 0.5) is 17.6 Å². The summed E-state index contributed by atoms with van der Waals surface area (Å²) < 4.78 is 54.0. The molecule has 6 nitrogen and oxygen atoms in total. The van der Waals surface area contributed by atoms with E-state index in [1.807, 2.05) is 17.9 Å². The minimum absolute atomic E-state index is 0.0256. The van der Waals surface area contributed by atoms with E-state index in [1.165, 1.54) is 24.3 Å². The minimum atomic E-state index is -4.37. The number of fused-ring (bicyclic) bond motifs is 1. The number of pyridine rings is 1. The molecule has 1 fully saturated rings. The molecule has 10 heteroatoms. The minimum Gasteiger partial charge on any atom is -0.339 e. The Morgan fingerprint density at radius 1 is 1.00 bits per heavy atom. The third-order valence-electron chi connectivity index (χ3n) is 6.63. The predicted octanol–water partition coefficient (Wildman–Crippen LogP) is 4.91. The van der Waals surface area contributed by atoms with E-state index in [0.29, 0.717) is 43.9 Å². The summed E-state index contributed by atoms with van der Waals surface area (Å²) in [6, 6.07) is 13.4. The van der Waals surface area contributed by atoms with Gasteiger partial charge in [-0.25, -0.2) is 14.1 Å². The third-order valence-corrected chi connectivity index (χ3v) is 6.63. The average molecular weight is 512 g/mol. The summed E-state index contributed by atoms with van der Waals surface area (Å²) >= 11 is 0. The molecule has 3 heterocycles. The van der Waals surface area contributed by atoms with Crippen LogP contribution in [0.25, 0.3) is 22.2 Å².